The molecule has 0 bridgehead atoms. The molecule has 110 valence electrons. The van der Waals surface area contributed by atoms with Crippen molar-refractivity contribution in [3.8, 4) is 5.75 Å². The van der Waals surface area contributed by atoms with Crippen molar-refractivity contribution in [2.75, 3.05) is 20.2 Å². The van der Waals surface area contributed by atoms with Gasteiger partial charge in [-0.1, -0.05) is 6.07 Å². The first kappa shape index (κ1) is 14.1. The summed E-state index contributed by atoms with van der Waals surface area (Å²) in [6.07, 6.45) is 3.86. The molecule has 3 rings (SSSR count). The summed E-state index contributed by atoms with van der Waals surface area (Å²) in [7, 11) is 1.61. The summed E-state index contributed by atoms with van der Waals surface area (Å²) in [6, 6.07) is 7.36. The lowest BCUT2D eigenvalue weighted by Gasteiger charge is -2.16. The van der Waals surface area contributed by atoms with E-state index in [0.717, 1.165) is 36.7 Å². The second-order valence-corrected chi connectivity index (χ2v) is 6.25. The topological polar surface area (TPSA) is 42.4 Å². The number of likely N-dealkylation sites (tertiary alicyclic amines) is 1. The van der Waals surface area contributed by atoms with Crippen molar-refractivity contribution in [3.63, 3.8) is 0 Å². The number of carbonyl (C=O) groups is 1. The molecule has 1 fully saturated rings. The fraction of sp³-hybridized carbons (Fsp3) is 0.375. The van der Waals surface area contributed by atoms with E-state index >= 15 is 0 Å². The Balaban J connectivity index is 1.63. The Bertz CT molecular complexity index is 612. The van der Waals surface area contributed by atoms with Crippen molar-refractivity contribution in [2.45, 2.75) is 12.8 Å². The van der Waals surface area contributed by atoms with Crippen LogP contribution >= 0.6 is 11.3 Å². The summed E-state index contributed by atoms with van der Waals surface area (Å²) in [6.45, 7) is 1.64. The highest BCUT2D eigenvalue weighted by molar-refractivity contribution is 7.09. The summed E-state index contributed by atoms with van der Waals surface area (Å²) in [4.78, 5) is 18.8. The minimum absolute atomic E-state index is 0.0931. The normalized spacial score (nSPS) is 18.0. The molecule has 0 N–H and O–H groups in total. The number of rotatable bonds is 4. The first-order valence-corrected chi connectivity index (χ1v) is 7.96. The van der Waals surface area contributed by atoms with Gasteiger partial charge in [-0.3, -0.25) is 4.79 Å². The molecule has 0 spiro atoms. The van der Waals surface area contributed by atoms with Crippen LogP contribution in [0.2, 0.25) is 0 Å². The largest absolute Gasteiger partial charge is 0.497 e. The lowest BCUT2D eigenvalue weighted by Crippen LogP contribution is -2.28. The van der Waals surface area contributed by atoms with E-state index in [1.54, 1.807) is 24.5 Å². The van der Waals surface area contributed by atoms with Crippen molar-refractivity contribution in [2.24, 2.45) is 5.92 Å². The van der Waals surface area contributed by atoms with Gasteiger partial charge in [0, 0.05) is 36.7 Å². The molecule has 1 atom stereocenters. The van der Waals surface area contributed by atoms with Crippen LogP contribution in [0.25, 0.3) is 0 Å². The number of nitrogens with zero attached hydrogens (tertiary/aromatic N) is 2. The van der Waals surface area contributed by atoms with Crippen molar-refractivity contribution in [3.05, 3.63) is 46.4 Å². The van der Waals surface area contributed by atoms with Gasteiger partial charge in [0.25, 0.3) is 5.91 Å². The van der Waals surface area contributed by atoms with E-state index < -0.39 is 0 Å². The highest BCUT2D eigenvalue weighted by Gasteiger charge is 2.27. The van der Waals surface area contributed by atoms with Crippen LogP contribution in [-0.2, 0) is 6.42 Å². The van der Waals surface area contributed by atoms with Gasteiger partial charge in [-0.2, -0.15) is 0 Å². The average molecular weight is 302 g/mol. The van der Waals surface area contributed by atoms with Crippen LogP contribution in [-0.4, -0.2) is 36.0 Å². The molecule has 2 aromatic rings. The predicted octanol–water partition coefficient (Wildman–Crippen LogP) is 2.86. The Morgan fingerprint density at radius 1 is 1.52 bits per heavy atom. The molecule has 1 saturated heterocycles. The minimum Gasteiger partial charge on any atom is -0.497 e. The summed E-state index contributed by atoms with van der Waals surface area (Å²) in [5, 5.41) is 3.17. The Labute approximate surface area is 128 Å². The van der Waals surface area contributed by atoms with E-state index in [2.05, 4.69) is 4.98 Å². The van der Waals surface area contributed by atoms with Crippen LogP contribution in [0, 0.1) is 5.92 Å². The number of hydrogen-bond acceptors (Lipinski definition) is 4. The van der Waals surface area contributed by atoms with Crippen LogP contribution in [0.5, 0.6) is 5.75 Å². The van der Waals surface area contributed by atoms with Gasteiger partial charge in [0.2, 0.25) is 0 Å². The molecule has 4 nitrogen and oxygen atoms in total. The maximum Gasteiger partial charge on any atom is 0.253 e. The fourth-order valence-electron chi connectivity index (χ4n) is 2.72. The molecule has 1 aliphatic rings. The molecule has 0 aliphatic carbocycles. The fourth-order valence-corrected chi connectivity index (χ4v) is 3.46. The number of methoxy groups -OCH3 is 1. The monoisotopic (exact) mass is 302 g/mol. The second-order valence-electron chi connectivity index (χ2n) is 5.27. The molecule has 0 unspecified atom stereocenters. The Morgan fingerprint density at radius 3 is 3.19 bits per heavy atom. The van der Waals surface area contributed by atoms with Crippen molar-refractivity contribution in [1.82, 2.24) is 9.88 Å². The zero-order valence-electron chi connectivity index (χ0n) is 12.0. The molecule has 0 radical (unpaired) electrons. The zero-order valence-corrected chi connectivity index (χ0v) is 12.8. The van der Waals surface area contributed by atoms with Crippen LogP contribution < -0.4 is 4.74 Å². The molecule has 1 amide bonds. The summed E-state index contributed by atoms with van der Waals surface area (Å²) >= 11 is 1.69. The Morgan fingerprint density at radius 2 is 2.43 bits per heavy atom. The molecule has 1 aromatic heterocycles. The van der Waals surface area contributed by atoms with Crippen LogP contribution in [0.1, 0.15) is 21.8 Å². The van der Waals surface area contributed by atoms with Gasteiger partial charge in [-0.15, -0.1) is 11.3 Å². The molecule has 21 heavy (non-hydrogen) atoms. The highest BCUT2D eigenvalue weighted by Crippen LogP contribution is 2.24. The lowest BCUT2D eigenvalue weighted by molar-refractivity contribution is 0.0786. The van der Waals surface area contributed by atoms with E-state index in [1.165, 1.54) is 0 Å². The van der Waals surface area contributed by atoms with E-state index in [1.807, 2.05) is 34.7 Å². The van der Waals surface area contributed by atoms with Crippen LogP contribution in [0.4, 0.5) is 0 Å². The highest BCUT2D eigenvalue weighted by atomic mass is 32.1. The van der Waals surface area contributed by atoms with E-state index in [0.29, 0.717) is 11.5 Å². The minimum atomic E-state index is 0.0931. The third-order valence-electron chi connectivity index (χ3n) is 3.84. The zero-order chi connectivity index (χ0) is 14.7. The number of amides is 1. The summed E-state index contributed by atoms with van der Waals surface area (Å²) < 4.78 is 5.18. The average Bonchev–Trinajstić information content (AvgIpc) is 3.19. The quantitative estimate of drug-likeness (QED) is 0.872. The van der Waals surface area contributed by atoms with Crippen LogP contribution in [0.15, 0.2) is 35.8 Å². The van der Waals surface area contributed by atoms with E-state index in [4.69, 9.17) is 4.74 Å². The van der Waals surface area contributed by atoms with Gasteiger partial charge in [-0.25, -0.2) is 4.98 Å². The Hall–Kier alpha value is -1.88. The van der Waals surface area contributed by atoms with Gasteiger partial charge in [0.15, 0.2) is 0 Å². The maximum absolute atomic E-state index is 12.5. The smallest absolute Gasteiger partial charge is 0.253 e. The summed E-state index contributed by atoms with van der Waals surface area (Å²) in [5.41, 5.74) is 0.698. The number of ether oxygens (including phenoxy) is 1. The van der Waals surface area contributed by atoms with Gasteiger partial charge in [0.05, 0.1) is 12.1 Å². The first-order valence-electron chi connectivity index (χ1n) is 7.08. The van der Waals surface area contributed by atoms with Gasteiger partial charge >= 0.3 is 0 Å². The predicted molar refractivity (Wildman–Crippen MR) is 82.8 cm³/mol. The third-order valence-corrected chi connectivity index (χ3v) is 4.64. The molecule has 0 saturated carbocycles. The van der Waals surface area contributed by atoms with E-state index in [9.17, 15) is 4.79 Å². The van der Waals surface area contributed by atoms with Crippen molar-refractivity contribution in [1.29, 1.82) is 0 Å². The number of carbonyl (C=O) groups excluding carboxylic acids is 1. The van der Waals surface area contributed by atoms with Crippen molar-refractivity contribution < 1.29 is 9.53 Å². The maximum atomic E-state index is 12.5. The Kier molecular flexibility index (Phi) is 4.20. The molecule has 1 aliphatic heterocycles. The SMILES string of the molecule is COc1cccc(C(=O)N2CC[C@@H](Cc3nccs3)C2)c1. The molecule has 1 aromatic carbocycles. The first-order chi connectivity index (χ1) is 10.3. The second kappa shape index (κ2) is 6.26. The third kappa shape index (κ3) is 3.24. The number of thiazole rings is 1. The van der Waals surface area contributed by atoms with Gasteiger partial charge in [-0.05, 0) is 30.5 Å². The number of benzene rings is 1. The molecule has 5 heteroatoms. The van der Waals surface area contributed by atoms with Gasteiger partial charge < -0.3 is 9.64 Å². The molecular formula is C16H18N2O2S. The van der Waals surface area contributed by atoms with Crippen LogP contribution in [0.3, 0.4) is 0 Å². The van der Waals surface area contributed by atoms with E-state index in [-0.39, 0.29) is 5.91 Å². The van der Waals surface area contributed by atoms with Gasteiger partial charge in [0.1, 0.15) is 5.75 Å². The summed E-state index contributed by atoms with van der Waals surface area (Å²) in [5.74, 6) is 1.33. The lowest BCUT2D eigenvalue weighted by atomic mass is 10.1. The molecule has 2 heterocycles. The van der Waals surface area contributed by atoms with Crippen molar-refractivity contribution >= 4 is 17.2 Å². The standard InChI is InChI=1S/C16H18N2O2S/c1-20-14-4-2-3-13(10-14)16(19)18-7-5-12(11-18)9-15-17-6-8-21-15/h2-4,6,8,10,12H,5,7,9,11H2,1H3/t12-/m0/s1. The molecular weight excluding hydrogens is 284 g/mol. The number of aromatic nitrogens is 1. The number of hydrogen-bond donors (Lipinski definition) is 0.